The molecule has 0 aliphatic carbocycles. The normalized spacial score (nSPS) is 10.3. The van der Waals surface area contributed by atoms with Gasteiger partial charge in [0.15, 0.2) is 0 Å². The van der Waals surface area contributed by atoms with E-state index in [0.29, 0.717) is 0 Å². The van der Waals surface area contributed by atoms with Crippen LogP contribution in [0, 0.1) is 0 Å². The fourth-order valence-electron chi connectivity index (χ4n) is 0.596. The molecule has 4 heteroatoms. The Morgan fingerprint density at radius 3 is 2.75 bits per heavy atom. The number of amides is 1. The van der Waals surface area contributed by atoms with Gasteiger partial charge < -0.3 is 5.73 Å². The molecule has 0 aliphatic rings. The number of thioether (sulfide) groups is 1. The lowest BCUT2D eigenvalue weighted by Crippen LogP contribution is -2.04. The first-order valence-corrected chi connectivity index (χ1v) is 4.19. The first kappa shape index (κ1) is 8.80. The molecule has 3 nitrogen and oxygen atoms in total. The lowest BCUT2D eigenvalue weighted by Gasteiger charge is -1.91. The summed E-state index contributed by atoms with van der Waals surface area (Å²) in [6, 6.07) is 3.71. The summed E-state index contributed by atoms with van der Waals surface area (Å²) in [7, 11) is 0. The van der Waals surface area contributed by atoms with Crippen molar-refractivity contribution in [3.05, 3.63) is 36.0 Å². The third kappa shape index (κ3) is 3.21. The number of nitrogens with two attached hydrogens (primary N) is 1. The Kier molecular flexibility index (Phi) is 3.35. The number of aromatic nitrogens is 1. The van der Waals surface area contributed by atoms with Crippen molar-refractivity contribution in [3.63, 3.8) is 0 Å². The van der Waals surface area contributed by atoms with Gasteiger partial charge in [-0.3, -0.25) is 9.78 Å². The lowest BCUT2D eigenvalue weighted by atomic mass is 10.5. The Bertz CT molecular complexity index is 284. The minimum atomic E-state index is -0.434. The predicted molar refractivity (Wildman–Crippen MR) is 48.4 cm³/mol. The zero-order valence-electron chi connectivity index (χ0n) is 6.31. The fourth-order valence-corrected chi connectivity index (χ4v) is 1.23. The number of hydrogen-bond donors (Lipinski definition) is 1. The molecule has 0 saturated heterocycles. The van der Waals surface area contributed by atoms with Crippen LogP contribution in [0.25, 0.3) is 0 Å². The van der Waals surface area contributed by atoms with E-state index in [1.165, 1.54) is 17.8 Å². The van der Waals surface area contributed by atoms with Gasteiger partial charge in [-0.1, -0.05) is 11.8 Å². The van der Waals surface area contributed by atoms with E-state index < -0.39 is 5.91 Å². The molecule has 1 aromatic heterocycles. The minimum absolute atomic E-state index is 0.434. The number of rotatable bonds is 3. The van der Waals surface area contributed by atoms with Crippen molar-refractivity contribution in [1.82, 2.24) is 4.98 Å². The van der Waals surface area contributed by atoms with Gasteiger partial charge in [0, 0.05) is 23.4 Å². The molecule has 0 saturated carbocycles. The maximum absolute atomic E-state index is 10.3. The maximum atomic E-state index is 10.3. The first-order valence-electron chi connectivity index (χ1n) is 3.32. The SMILES string of the molecule is NC(=O)C=CSc1ccncc1. The Morgan fingerprint density at radius 1 is 1.50 bits per heavy atom. The van der Waals surface area contributed by atoms with Crippen molar-refractivity contribution in [2.75, 3.05) is 0 Å². The van der Waals surface area contributed by atoms with Crippen molar-refractivity contribution < 1.29 is 4.79 Å². The number of hydrogen-bond acceptors (Lipinski definition) is 3. The standard InChI is InChI=1S/C8H8N2OS/c9-8(11)3-6-12-7-1-4-10-5-2-7/h1-6H,(H2,9,11). The van der Waals surface area contributed by atoms with Crippen LogP contribution in [-0.4, -0.2) is 10.9 Å². The van der Waals surface area contributed by atoms with Crippen LogP contribution in [0.5, 0.6) is 0 Å². The van der Waals surface area contributed by atoms with Crippen molar-refractivity contribution >= 4 is 17.7 Å². The van der Waals surface area contributed by atoms with Crippen LogP contribution in [0.1, 0.15) is 0 Å². The second-order valence-electron chi connectivity index (χ2n) is 2.01. The van der Waals surface area contributed by atoms with E-state index in [1.54, 1.807) is 17.8 Å². The quantitative estimate of drug-likeness (QED) is 0.561. The summed E-state index contributed by atoms with van der Waals surface area (Å²) in [5.41, 5.74) is 4.91. The molecule has 0 atom stereocenters. The lowest BCUT2D eigenvalue weighted by molar-refractivity contribution is -0.113. The topological polar surface area (TPSA) is 56.0 Å². The molecule has 1 heterocycles. The van der Waals surface area contributed by atoms with Crippen LogP contribution in [-0.2, 0) is 4.79 Å². The summed E-state index contributed by atoms with van der Waals surface area (Å²) in [5.74, 6) is -0.434. The zero-order valence-corrected chi connectivity index (χ0v) is 7.12. The summed E-state index contributed by atoms with van der Waals surface area (Å²) >= 11 is 1.43. The Hall–Kier alpha value is -1.29. The van der Waals surface area contributed by atoms with Gasteiger partial charge in [0.2, 0.25) is 5.91 Å². The molecule has 0 radical (unpaired) electrons. The van der Waals surface area contributed by atoms with Gasteiger partial charge in [-0.15, -0.1) is 0 Å². The number of nitrogens with zero attached hydrogens (tertiary/aromatic N) is 1. The zero-order chi connectivity index (χ0) is 8.81. The summed E-state index contributed by atoms with van der Waals surface area (Å²) in [6.07, 6.45) is 4.71. The van der Waals surface area contributed by atoms with Crippen molar-refractivity contribution in [3.8, 4) is 0 Å². The second kappa shape index (κ2) is 4.56. The molecular formula is C8H8N2OS. The van der Waals surface area contributed by atoms with Gasteiger partial charge >= 0.3 is 0 Å². The molecule has 1 rings (SSSR count). The van der Waals surface area contributed by atoms with Gasteiger partial charge in [0.05, 0.1) is 0 Å². The first-order chi connectivity index (χ1) is 5.79. The predicted octanol–water partition coefficient (Wildman–Crippen LogP) is 1.17. The fraction of sp³-hybridized carbons (Fsp3) is 0. The number of carbonyl (C=O) groups excluding carboxylic acids is 1. The molecule has 1 aromatic rings. The van der Waals surface area contributed by atoms with E-state index >= 15 is 0 Å². The molecule has 0 bridgehead atoms. The minimum Gasteiger partial charge on any atom is -0.366 e. The van der Waals surface area contributed by atoms with E-state index in [-0.39, 0.29) is 0 Å². The molecule has 0 aromatic carbocycles. The molecule has 0 unspecified atom stereocenters. The Morgan fingerprint density at radius 2 is 2.17 bits per heavy atom. The highest BCUT2D eigenvalue weighted by Crippen LogP contribution is 2.16. The van der Waals surface area contributed by atoms with E-state index in [0.717, 1.165) is 4.90 Å². The highest BCUT2D eigenvalue weighted by atomic mass is 32.2. The van der Waals surface area contributed by atoms with E-state index in [4.69, 9.17) is 5.73 Å². The van der Waals surface area contributed by atoms with Crippen LogP contribution in [0.2, 0.25) is 0 Å². The van der Waals surface area contributed by atoms with Crippen molar-refractivity contribution in [2.24, 2.45) is 5.73 Å². The van der Waals surface area contributed by atoms with E-state index in [1.807, 2.05) is 12.1 Å². The monoisotopic (exact) mass is 180 g/mol. The third-order valence-electron chi connectivity index (χ3n) is 1.09. The summed E-state index contributed by atoms with van der Waals surface area (Å²) in [6.45, 7) is 0. The van der Waals surface area contributed by atoms with E-state index in [2.05, 4.69) is 4.98 Å². The number of carbonyl (C=O) groups is 1. The second-order valence-corrected chi connectivity index (χ2v) is 2.99. The molecule has 2 N–H and O–H groups in total. The molecule has 0 spiro atoms. The number of primary amides is 1. The van der Waals surface area contributed by atoms with Gasteiger partial charge in [0.1, 0.15) is 0 Å². The van der Waals surface area contributed by atoms with Crippen LogP contribution >= 0.6 is 11.8 Å². The van der Waals surface area contributed by atoms with Crippen molar-refractivity contribution in [2.45, 2.75) is 4.90 Å². The van der Waals surface area contributed by atoms with Crippen LogP contribution in [0.15, 0.2) is 40.9 Å². The molecule has 12 heavy (non-hydrogen) atoms. The van der Waals surface area contributed by atoms with Gasteiger partial charge in [-0.25, -0.2) is 0 Å². The summed E-state index contributed by atoms with van der Waals surface area (Å²) in [4.78, 5) is 15.2. The average Bonchev–Trinajstić information content (AvgIpc) is 2.05. The smallest absolute Gasteiger partial charge is 0.241 e. The molecule has 1 amide bonds. The van der Waals surface area contributed by atoms with Crippen LogP contribution < -0.4 is 5.73 Å². The van der Waals surface area contributed by atoms with Gasteiger partial charge in [-0.05, 0) is 17.5 Å². The van der Waals surface area contributed by atoms with Crippen LogP contribution in [0.4, 0.5) is 0 Å². The van der Waals surface area contributed by atoms with Crippen molar-refractivity contribution in [1.29, 1.82) is 0 Å². The Labute approximate surface area is 74.7 Å². The Balaban J connectivity index is 2.49. The number of pyridine rings is 1. The highest BCUT2D eigenvalue weighted by molar-refractivity contribution is 8.02. The van der Waals surface area contributed by atoms with Crippen LogP contribution in [0.3, 0.4) is 0 Å². The van der Waals surface area contributed by atoms with E-state index in [9.17, 15) is 4.79 Å². The maximum Gasteiger partial charge on any atom is 0.241 e. The summed E-state index contributed by atoms with van der Waals surface area (Å²) in [5, 5.41) is 1.65. The largest absolute Gasteiger partial charge is 0.366 e. The molecular weight excluding hydrogens is 172 g/mol. The molecule has 62 valence electrons. The molecule has 0 fully saturated rings. The van der Waals surface area contributed by atoms with Gasteiger partial charge in [-0.2, -0.15) is 0 Å². The highest BCUT2D eigenvalue weighted by Gasteiger charge is 1.87. The van der Waals surface area contributed by atoms with Gasteiger partial charge in [0.25, 0.3) is 0 Å². The average molecular weight is 180 g/mol. The molecule has 0 aliphatic heterocycles. The third-order valence-corrected chi connectivity index (χ3v) is 1.90. The summed E-state index contributed by atoms with van der Waals surface area (Å²) < 4.78 is 0.